The lowest BCUT2D eigenvalue weighted by molar-refractivity contribution is -0.139. The molecule has 0 spiro atoms. The average Bonchev–Trinajstić information content (AvgIpc) is 2.66. The number of sulfonamides is 1. The molecule has 140 valence electrons. The van der Waals surface area contributed by atoms with E-state index in [1.807, 2.05) is 18.2 Å². The number of nitrogens with zero attached hydrogens (tertiary/aromatic N) is 1. The number of benzene rings is 2. The number of hydrogen-bond donors (Lipinski definition) is 2. The van der Waals surface area contributed by atoms with Crippen molar-refractivity contribution in [2.75, 3.05) is 6.61 Å². The lowest BCUT2D eigenvalue weighted by Gasteiger charge is -2.25. The molecule has 2 aromatic rings. The highest BCUT2D eigenvalue weighted by molar-refractivity contribution is 7.89. The van der Waals surface area contributed by atoms with Gasteiger partial charge in [-0.25, -0.2) is 17.9 Å². The molecule has 1 atom stereocenters. The van der Waals surface area contributed by atoms with E-state index in [2.05, 4.69) is 4.72 Å². The standard InChI is InChI=1S/C19H18N2O5S/c20-11-13-1-7-18(8-2-13)27(24,25)21-16-5-3-15-10-17(26-12-19(22)23)6-4-14(15)9-16/h1-2,4,6-8,10,16,21H,3,5,9,12H2,(H,22,23). The first kappa shape index (κ1) is 18.9. The van der Waals surface area contributed by atoms with Gasteiger partial charge < -0.3 is 9.84 Å². The van der Waals surface area contributed by atoms with E-state index >= 15 is 0 Å². The van der Waals surface area contributed by atoms with Crippen LogP contribution in [0.25, 0.3) is 0 Å². The van der Waals surface area contributed by atoms with Crippen LogP contribution in [0.1, 0.15) is 23.1 Å². The number of nitrogens with one attached hydrogen (secondary N) is 1. The fourth-order valence-electron chi connectivity index (χ4n) is 3.06. The predicted molar refractivity (Wildman–Crippen MR) is 96.9 cm³/mol. The molecule has 1 aliphatic rings. The zero-order valence-electron chi connectivity index (χ0n) is 14.4. The average molecular weight is 386 g/mol. The van der Waals surface area contributed by atoms with Crippen LogP contribution in [0.15, 0.2) is 47.4 Å². The first-order valence-electron chi connectivity index (χ1n) is 8.36. The molecular formula is C19H18N2O5S. The van der Waals surface area contributed by atoms with Crippen LogP contribution in [0.2, 0.25) is 0 Å². The molecule has 0 fully saturated rings. The van der Waals surface area contributed by atoms with E-state index in [0.29, 0.717) is 30.6 Å². The molecule has 0 saturated heterocycles. The van der Waals surface area contributed by atoms with Crippen molar-refractivity contribution in [2.24, 2.45) is 0 Å². The van der Waals surface area contributed by atoms with E-state index in [9.17, 15) is 13.2 Å². The Labute approximate surface area is 157 Å². The number of rotatable bonds is 6. The van der Waals surface area contributed by atoms with Crippen molar-refractivity contribution >= 4 is 16.0 Å². The second-order valence-corrected chi connectivity index (χ2v) is 8.02. The quantitative estimate of drug-likeness (QED) is 0.783. The Morgan fingerprint density at radius 3 is 2.63 bits per heavy atom. The topological polar surface area (TPSA) is 116 Å². The Balaban J connectivity index is 1.68. The van der Waals surface area contributed by atoms with Crippen molar-refractivity contribution < 1.29 is 23.1 Å². The molecular weight excluding hydrogens is 368 g/mol. The van der Waals surface area contributed by atoms with Gasteiger partial charge in [-0.2, -0.15) is 5.26 Å². The second-order valence-electron chi connectivity index (χ2n) is 6.31. The minimum atomic E-state index is -3.66. The molecule has 0 heterocycles. The summed E-state index contributed by atoms with van der Waals surface area (Å²) in [4.78, 5) is 10.7. The third-order valence-electron chi connectivity index (χ3n) is 4.38. The highest BCUT2D eigenvalue weighted by atomic mass is 32.2. The van der Waals surface area contributed by atoms with Gasteiger partial charge in [-0.3, -0.25) is 0 Å². The van der Waals surface area contributed by atoms with Crippen molar-refractivity contribution in [2.45, 2.75) is 30.2 Å². The lowest BCUT2D eigenvalue weighted by atomic mass is 9.89. The molecule has 0 aliphatic heterocycles. The van der Waals surface area contributed by atoms with E-state index < -0.39 is 22.6 Å². The summed E-state index contributed by atoms with van der Waals surface area (Å²) in [5.41, 5.74) is 2.45. The highest BCUT2D eigenvalue weighted by Crippen LogP contribution is 2.26. The largest absolute Gasteiger partial charge is 0.482 e. The Bertz CT molecular complexity index is 994. The number of nitriles is 1. The Morgan fingerprint density at radius 2 is 1.96 bits per heavy atom. The normalized spacial score (nSPS) is 16.2. The molecule has 1 aliphatic carbocycles. The number of ether oxygens (including phenoxy) is 1. The van der Waals surface area contributed by atoms with E-state index in [1.165, 1.54) is 24.3 Å². The van der Waals surface area contributed by atoms with Gasteiger partial charge in [0.15, 0.2) is 6.61 Å². The summed E-state index contributed by atoms with van der Waals surface area (Å²) in [6.07, 6.45) is 1.84. The monoisotopic (exact) mass is 386 g/mol. The molecule has 1 unspecified atom stereocenters. The van der Waals surface area contributed by atoms with E-state index in [0.717, 1.165) is 11.1 Å². The summed E-state index contributed by atoms with van der Waals surface area (Å²) in [6, 6.07) is 12.9. The third kappa shape index (κ3) is 4.64. The molecule has 7 nitrogen and oxygen atoms in total. The fraction of sp³-hybridized carbons (Fsp3) is 0.263. The number of aliphatic carboxylic acids is 1. The van der Waals surface area contributed by atoms with Crippen LogP contribution in [0.3, 0.4) is 0 Å². The molecule has 8 heteroatoms. The number of carbonyl (C=O) groups is 1. The van der Waals surface area contributed by atoms with Crippen LogP contribution in [0.4, 0.5) is 0 Å². The van der Waals surface area contributed by atoms with Gasteiger partial charge in [0.2, 0.25) is 10.0 Å². The fourth-order valence-corrected chi connectivity index (χ4v) is 4.33. The Kier molecular flexibility index (Phi) is 5.44. The van der Waals surface area contributed by atoms with Crippen molar-refractivity contribution in [3.63, 3.8) is 0 Å². The number of fused-ring (bicyclic) bond motifs is 1. The van der Waals surface area contributed by atoms with Gasteiger partial charge in [0, 0.05) is 6.04 Å². The van der Waals surface area contributed by atoms with Crippen molar-refractivity contribution in [3.05, 3.63) is 59.2 Å². The third-order valence-corrected chi connectivity index (χ3v) is 5.92. The van der Waals surface area contributed by atoms with Crippen LogP contribution in [-0.4, -0.2) is 32.1 Å². The first-order valence-corrected chi connectivity index (χ1v) is 9.84. The SMILES string of the molecule is N#Cc1ccc(S(=O)(=O)NC2CCc3cc(OCC(=O)O)ccc3C2)cc1. The summed E-state index contributed by atoms with van der Waals surface area (Å²) in [6.45, 7) is -0.397. The Morgan fingerprint density at radius 1 is 1.22 bits per heavy atom. The minimum Gasteiger partial charge on any atom is -0.482 e. The minimum absolute atomic E-state index is 0.129. The maximum absolute atomic E-state index is 12.5. The Hall–Kier alpha value is -2.89. The van der Waals surface area contributed by atoms with Crippen LogP contribution in [0.5, 0.6) is 5.75 Å². The maximum atomic E-state index is 12.5. The van der Waals surface area contributed by atoms with Gasteiger partial charge in [-0.1, -0.05) is 6.07 Å². The van der Waals surface area contributed by atoms with Crippen molar-refractivity contribution in [3.8, 4) is 11.8 Å². The van der Waals surface area contributed by atoms with Gasteiger partial charge in [0.25, 0.3) is 0 Å². The number of hydrogen-bond acceptors (Lipinski definition) is 5. The van der Waals surface area contributed by atoms with Crippen LogP contribution in [-0.2, 0) is 27.7 Å². The van der Waals surface area contributed by atoms with Crippen LogP contribution >= 0.6 is 0 Å². The lowest BCUT2D eigenvalue weighted by Crippen LogP contribution is -2.38. The van der Waals surface area contributed by atoms with Gasteiger partial charge in [0.05, 0.1) is 16.5 Å². The predicted octanol–water partition coefficient (Wildman–Crippen LogP) is 1.86. The number of aryl methyl sites for hydroxylation is 1. The van der Waals surface area contributed by atoms with Gasteiger partial charge in [0.1, 0.15) is 5.75 Å². The highest BCUT2D eigenvalue weighted by Gasteiger charge is 2.24. The molecule has 2 aromatic carbocycles. The number of carboxylic acid groups (broad SMARTS) is 1. The first-order chi connectivity index (χ1) is 12.9. The van der Waals surface area contributed by atoms with Crippen LogP contribution in [0, 0.1) is 11.3 Å². The van der Waals surface area contributed by atoms with E-state index in [4.69, 9.17) is 15.1 Å². The van der Waals surface area contributed by atoms with E-state index in [-0.39, 0.29) is 10.9 Å². The summed E-state index contributed by atoms with van der Waals surface area (Å²) < 4.78 is 33.0. The summed E-state index contributed by atoms with van der Waals surface area (Å²) in [5, 5.41) is 17.5. The zero-order valence-corrected chi connectivity index (χ0v) is 15.2. The summed E-state index contributed by atoms with van der Waals surface area (Å²) in [7, 11) is -3.66. The molecule has 0 aromatic heterocycles. The van der Waals surface area contributed by atoms with Gasteiger partial charge in [-0.15, -0.1) is 0 Å². The molecule has 3 rings (SSSR count). The molecule has 0 saturated carbocycles. The molecule has 27 heavy (non-hydrogen) atoms. The van der Waals surface area contributed by atoms with Gasteiger partial charge in [-0.05, 0) is 66.8 Å². The molecule has 0 amide bonds. The smallest absolute Gasteiger partial charge is 0.341 e. The number of carboxylic acids is 1. The summed E-state index contributed by atoms with van der Waals surface area (Å²) in [5.74, 6) is -0.544. The molecule has 0 bridgehead atoms. The zero-order chi connectivity index (χ0) is 19.4. The molecule has 2 N–H and O–H groups in total. The van der Waals surface area contributed by atoms with Crippen molar-refractivity contribution in [1.82, 2.24) is 4.72 Å². The van der Waals surface area contributed by atoms with Crippen LogP contribution < -0.4 is 9.46 Å². The summed E-state index contributed by atoms with van der Waals surface area (Å²) >= 11 is 0. The van der Waals surface area contributed by atoms with Gasteiger partial charge >= 0.3 is 5.97 Å². The molecule has 0 radical (unpaired) electrons. The second kappa shape index (κ2) is 7.78. The van der Waals surface area contributed by atoms with Crippen molar-refractivity contribution in [1.29, 1.82) is 5.26 Å². The maximum Gasteiger partial charge on any atom is 0.341 e. The van der Waals surface area contributed by atoms with E-state index in [1.54, 1.807) is 6.07 Å².